The summed E-state index contributed by atoms with van der Waals surface area (Å²) in [5.74, 6) is 0.282. The largest absolute Gasteiger partial charge is 0.496 e. The first kappa shape index (κ1) is 18.8. The first-order valence-corrected chi connectivity index (χ1v) is 9.06. The molecule has 1 saturated carbocycles. The summed E-state index contributed by atoms with van der Waals surface area (Å²) < 4.78 is 5.20. The van der Waals surface area contributed by atoms with Crippen LogP contribution < -0.4 is 20.7 Å². The molecular weight excluding hydrogens is 362 g/mol. The van der Waals surface area contributed by atoms with Crippen molar-refractivity contribution in [3.63, 3.8) is 0 Å². The van der Waals surface area contributed by atoms with Crippen molar-refractivity contribution in [2.24, 2.45) is 5.92 Å². The van der Waals surface area contributed by atoms with E-state index in [0.29, 0.717) is 17.0 Å². The summed E-state index contributed by atoms with van der Waals surface area (Å²) in [5.41, 5.74) is 2.69. The van der Waals surface area contributed by atoms with Gasteiger partial charge in [0.15, 0.2) is 5.11 Å². The van der Waals surface area contributed by atoms with Crippen LogP contribution >= 0.6 is 12.2 Å². The van der Waals surface area contributed by atoms with Crippen molar-refractivity contribution in [1.29, 1.82) is 0 Å². The highest BCUT2D eigenvalue weighted by molar-refractivity contribution is 7.80. The van der Waals surface area contributed by atoms with Gasteiger partial charge in [0.25, 0.3) is 5.91 Å². The highest BCUT2D eigenvalue weighted by Gasteiger charge is 2.29. The van der Waals surface area contributed by atoms with Crippen molar-refractivity contribution in [2.45, 2.75) is 19.8 Å². The number of anilines is 2. The summed E-state index contributed by atoms with van der Waals surface area (Å²) in [6.45, 7) is 1.88. The van der Waals surface area contributed by atoms with Gasteiger partial charge in [0.1, 0.15) is 5.75 Å². The molecule has 0 saturated heterocycles. The maximum Gasteiger partial charge on any atom is 0.261 e. The molecule has 27 heavy (non-hydrogen) atoms. The van der Waals surface area contributed by atoms with E-state index >= 15 is 0 Å². The molecule has 1 aliphatic rings. The number of para-hydroxylation sites is 1. The molecule has 7 heteroatoms. The Labute approximate surface area is 163 Å². The number of carbonyl (C=O) groups excluding carboxylic acids is 2. The van der Waals surface area contributed by atoms with Crippen LogP contribution in [-0.2, 0) is 4.79 Å². The minimum atomic E-state index is -0.360. The van der Waals surface area contributed by atoms with Crippen LogP contribution in [-0.4, -0.2) is 24.0 Å². The van der Waals surface area contributed by atoms with Crippen molar-refractivity contribution >= 4 is 40.5 Å². The van der Waals surface area contributed by atoms with Crippen LogP contribution in [0.5, 0.6) is 5.75 Å². The number of ether oxygens (including phenoxy) is 1. The molecule has 2 aromatic carbocycles. The first-order chi connectivity index (χ1) is 13.0. The maximum absolute atomic E-state index is 12.4. The van der Waals surface area contributed by atoms with Gasteiger partial charge in [-0.05, 0) is 61.8 Å². The molecule has 140 valence electrons. The molecule has 1 fully saturated rings. The van der Waals surface area contributed by atoms with Gasteiger partial charge in [0, 0.05) is 17.3 Å². The van der Waals surface area contributed by atoms with Gasteiger partial charge in [-0.25, -0.2) is 0 Å². The van der Waals surface area contributed by atoms with Crippen LogP contribution in [0.25, 0.3) is 0 Å². The van der Waals surface area contributed by atoms with Gasteiger partial charge >= 0.3 is 0 Å². The van der Waals surface area contributed by atoms with Gasteiger partial charge in [0.05, 0.1) is 12.7 Å². The predicted molar refractivity (Wildman–Crippen MR) is 109 cm³/mol. The van der Waals surface area contributed by atoms with E-state index in [9.17, 15) is 9.59 Å². The average molecular weight is 383 g/mol. The monoisotopic (exact) mass is 383 g/mol. The molecule has 0 spiro atoms. The van der Waals surface area contributed by atoms with Gasteiger partial charge in [-0.15, -0.1) is 0 Å². The van der Waals surface area contributed by atoms with Crippen molar-refractivity contribution in [3.05, 3.63) is 53.6 Å². The van der Waals surface area contributed by atoms with E-state index in [1.807, 2.05) is 25.1 Å². The van der Waals surface area contributed by atoms with Crippen LogP contribution in [0.3, 0.4) is 0 Å². The summed E-state index contributed by atoms with van der Waals surface area (Å²) in [4.78, 5) is 24.4. The lowest BCUT2D eigenvalue weighted by Gasteiger charge is -2.15. The van der Waals surface area contributed by atoms with Crippen molar-refractivity contribution < 1.29 is 14.3 Å². The number of benzene rings is 2. The van der Waals surface area contributed by atoms with E-state index in [1.165, 1.54) is 7.11 Å². The Balaban J connectivity index is 1.67. The van der Waals surface area contributed by atoms with E-state index in [4.69, 9.17) is 17.0 Å². The quantitative estimate of drug-likeness (QED) is 0.689. The van der Waals surface area contributed by atoms with Crippen molar-refractivity contribution in [3.8, 4) is 5.75 Å². The fourth-order valence-electron chi connectivity index (χ4n) is 2.64. The average Bonchev–Trinajstić information content (AvgIpc) is 3.50. The lowest BCUT2D eigenvalue weighted by Crippen LogP contribution is -2.34. The standard InChI is InChI=1S/C20H21N3O3S/c1-12-15(21-18(24)13-10-11-13)7-5-8-16(12)22-20(27)23-19(25)14-6-3-4-9-17(14)26-2/h3-9,13H,10-11H2,1-2H3,(H,21,24)(H2,22,23,25,27). The SMILES string of the molecule is COc1ccccc1C(=O)NC(=S)Nc1cccc(NC(=O)C2CC2)c1C. The second-order valence-electron chi connectivity index (χ2n) is 6.35. The molecule has 0 aromatic heterocycles. The Kier molecular flexibility index (Phi) is 5.71. The molecule has 3 rings (SSSR count). The van der Waals surface area contributed by atoms with Crippen LogP contribution in [0.15, 0.2) is 42.5 Å². The molecule has 1 aliphatic carbocycles. The molecule has 6 nitrogen and oxygen atoms in total. The Morgan fingerprint density at radius 2 is 1.70 bits per heavy atom. The number of hydrogen-bond acceptors (Lipinski definition) is 4. The van der Waals surface area contributed by atoms with Crippen LogP contribution in [0, 0.1) is 12.8 Å². The number of rotatable bonds is 5. The lowest BCUT2D eigenvalue weighted by atomic mass is 10.1. The van der Waals surface area contributed by atoms with Crippen LogP contribution in [0.4, 0.5) is 11.4 Å². The number of carbonyl (C=O) groups is 2. The zero-order valence-electron chi connectivity index (χ0n) is 15.2. The van der Waals surface area contributed by atoms with Crippen LogP contribution in [0.2, 0.25) is 0 Å². The third-order valence-electron chi connectivity index (χ3n) is 4.37. The summed E-state index contributed by atoms with van der Waals surface area (Å²) in [6, 6.07) is 12.4. The summed E-state index contributed by atoms with van der Waals surface area (Å²) in [6.07, 6.45) is 1.89. The molecule has 2 aromatic rings. The summed E-state index contributed by atoms with van der Waals surface area (Å²) in [7, 11) is 1.51. The van der Waals surface area contributed by atoms with E-state index in [1.54, 1.807) is 24.3 Å². The smallest absolute Gasteiger partial charge is 0.261 e. The number of methoxy groups -OCH3 is 1. The normalized spacial score (nSPS) is 12.8. The Morgan fingerprint density at radius 1 is 1.04 bits per heavy atom. The second-order valence-corrected chi connectivity index (χ2v) is 6.76. The van der Waals surface area contributed by atoms with Gasteiger partial charge in [-0.1, -0.05) is 18.2 Å². The molecule has 3 N–H and O–H groups in total. The second kappa shape index (κ2) is 8.18. The molecule has 0 aliphatic heterocycles. The minimum Gasteiger partial charge on any atom is -0.496 e. The number of thiocarbonyl (C=S) groups is 1. The molecule has 0 radical (unpaired) electrons. The topological polar surface area (TPSA) is 79.5 Å². The zero-order valence-corrected chi connectivity index (χ0v) is 16.0. The van der Waals surface area contributed by atoms with E-state index in [-0.39, 0.29) is 22.8 Å². The minimum absolute atomic E-state index is 0.0438. The number of nitrogens with one attached hydrogen (secondary N) is 3. The first-order valence-electron chi connectivity index (χ1n) is 8.65. The van der Waals surface area contributed by atoms with Gasteiger partial charge in [-0.2, -0.15) is 0 Å². The number of amides is 2. The highest BCUT2D eigenvalue weighted by atomic mass is 32.1. The zero-order chi connectivity index (χ0) is 19.4. The number of hydrogen-bond donors (Lipinski definition) is 3. The molecule has 0 unspecified atom stereocenters. The Morgan fingerprint density at radius 3 is 2.37 bits per heavy atom. The van der Waals surface area contributed by atoms with E-state index in [2.05, 4.69) is 16.0 Å². The maximum atomic E-state index is 12.4. The van der Waals surface area contributed by atoms with Crippen LogP contribution in [0.1, 0.15) is 28.8 Å². The summed E-state index contributed by atoms with van der Waals surface area (Å²) in [5, 5.41) is 8.77. The fourth-order valence-corrected chi connectivity index (χ4v) is 2.85. The van der Waals surface area contributed by atoms with E-state index < -0.39 is 0 Å². The van der Waals surface area contributed by atoms with Gasteiger partial charge in [-0.3, -0.25) is 14.9 Å². The van der Waals surface area contributed by atoms with Gasteiger partial charge < -0.3 is 15.4 Å². The third kappa shape index (κ3) is 4.62. The Hall–Kier alpha value is -2.93. The van der Waals surface area contributed by atoms with E-state index in [0.717, 1.165) is 24.1 Å². The molecule has 2 amide bonds. The molecule has 0 heterocycles. The van der Waals surface area contributed by atoms with Gasteiger partial charge in [0.2, 0.25) is 5.91 Å². The third-order valence-corrected chi connectivity index (χ3v) is 4.57. The molecule has 0 bridgehead atoms. The lowest BCUT2D eigenvalue weighted by molar-refractivity contribution is -0.117. The molecular formula is C20H21N3O3S. The van der Waals surface area contributed by atoms with Crippen molar-refractivity contribution in [1.82, 2.24) is 5.32 Å². The summed E-state index contributed by atoms with van der Waals surface area (Å²) >= 11 is 5.26. The fraction of sp³-hybridized carbons (Fsp3) is 0.250. The van der Waals surface area contributed by atoms with Crippen molar-refractivity contribution in [2.75, 3.05) is 17.7 Å². The molecule has 0 atom stereocenters. The predicted octanol–water partition coefficient (Wildman–Crippen LogP) is 3.48. The Bertz CT molecular complexity index is 894. The highest BCUT2D eigenvalue weighted by Crippen LogP contribution is 2.31.